The Morgan fingerprint density at radius 2 is 1.64 bits per heavy atom. The summed E-state index contributed by atoms with van der Waals surface area (Å²) in [6, 6.07) is 36.9. The number of amides is 1. The molecule has 0 saturated heterocycles. The number of nitrogens with zero attached hydrogens (tertiary/aromatic N) is 3. The Kier molecular flexibility index (Phi) is 18.1. The second-order valence-electron chi connectivity index (χ2n) is 18.3. The van der Waals surface area contributed by atoms with E-state index in [4.69, 9.17) is 24.2 Å². The average Bonchev–Trinajstić information content (AvgIpc) is 3.40. The van der Waals surface area contributed by atoms with Gasteiger partial charge in [0.1, 0.15) is 30.0 Å². The largest absolute Gasteiger partial charge is 0.493 e. The lowest BCUT2D eigenvalue weighted by atomic mass is 9.55. The van der Waals surface area contributed by atoms with Crippen LogP contribution in [0.3, 0.4) is 0 Å². The van der Waals surface area contributed by atoms with Crippen LogP contribution in [0.25, 0.3) is 6.08 Å². The zero-order chi connectivity index (χ0) is 50.3. The molecule has 3 aliphatic rings. The predicted molar refractivity (Wildman–Crippen MR) is 278 cm³/mol. The van der Waals surface area contributed by atoms with Crippen LogP contribution in [-0.2, 0) is 27.5 Å². The molecule has 1 heterocycles. The number of fused-ring (bicyclic) bond motifs is 2. The van der Waals surface area contributed by atoms with E-state index in [2.05, 4.69) is 30.9 Å². The Hall–Kier alpha value is -6.58. The summed E-state index contributed by atoms with van der Waals surface area (Å²) in [5.41, 5.74) is 4.51. The van der Waals surface area contributed by atoms with Gasteiger partial charge >= 0.3 is 0 Å². The van der Waals surface area contributed by atoms with E-state index in [9.17, 15) is 24.7 Å². The first-order chi connectivity index (χ1) is 35.2. The molecule has 72 heavy (non-hydrogen) atoms. The second-order valence-corrected chi connectivity index (χ2v) is 19.5. The normalized spacial score (nSPS) is 21.5. The molecule has 2 aliphatic carbocycles. The van der Waals surface area contributed by atoms with Crippen LogP contribution in [0.2, 0.25) is 0 Å². The highest BCUT2D eigenvalue weighted by Crippen LogP contribution is 2.62. The van der Waals surface area contributed by atoms with Crippen LogP contribution < -0.4 is 9.47 Å². The number of aliphatic hydroxyl groups is 2. The molecule has 0 spiro atoms. The number of carbonyl (C=O) groups excluding carboxylic acids is 1. The van der Waals surface area contributed by atoms with Crippen molar-refractivity contribution >= 4 is 35.1 Å². The third kappa shape index (κ3) is 12.5. The number of ether oxygens (including phenoxy) is 3. The molecule has 14 heteroatoms. The molecule has 5 aromatic rings. The number of hydrogen-bond donors (Lipinski definition) is 2. The fourth-order valence-electron chi connectivity index (χ4n) is 10.4. The maximum Gasteiger partial charge on any atom is 0.269 e. The molecule has 1 amide bonds. The average molecular weight is 996 g/mol. The van der Waals surface area contributed by atoms with Crippen molar-refractivity contribution in [2.45, 2.75) is 80.7 Å². The van der Waals surface area contributed by atoms with Crippen molar-refractivity contribution in [2.75, 3.05) is 32.2 Å². The number of nitro groups is 1. The maximum atomic E-state index is 15.2. The van der Waals surface area contributed by atoms with E-state index in [0.717, 1.165) is 53.0 Å². The number of hydrogen-bond acceptors (Lipinski definition) is 11. The fourth-order valence-corrected chi connectivity index (χ4v) is 11.2. The van der Waals surface area contributed by atoms with Gasteiger partial charge in [0.05, 0.1) is 29.8 Å². The molecule has 1 aliphatic heterocycles. The minimum Gasteiger partial charge on any atom is -0.493 e. The maximum absolute atomic E-state index is 15.2. The Morgan fingerprint density at radius 1 is 0.917 bits per heavy atom. The number of halogens is 1. The van der Waals surface area contributed by atoms with Crippen molar-refractivity contribution in [1.82, 2.24) is 4.90 Å². The number of unbranched alkanes of at least 4 members (excludes halogenated alkanes) is 2. The van der Waals surface area contributed by atoms with Gasteiger partial charge in [0.15, 0.2) is 0 Å². The Balaban J connectivity index is 1.29. The molecule has 0 radical (unpaired) electrons. The van der Waals surface area contributed by atoms with Crippen LogP contribution in [0.4, 0.5) is 10.1 Å². The number of carbonyl (C=O) groups is 1. The number of non-ortho nitro benzene ring substituents is 1. The topological polar surface area (TPSA) is 153 Å². The molecule has 2 N–H and O–H groups in total. The van der Waals surface area contributed by atoms with Gasteiger partial charge < -0.3 is 34.2 Å². The highest BCUT2D eigenvalue weighted by atomic mass is 32.2. The zero-order valence-corrected chi connectivity index (χ0v) is 41.1. The van der Waals surface area contributed by atoms with Gasteiger partial charge in [0.2, 0.25) is 11.7 Å². The first kappa shape index (κ1) is 51.8. The van der Waals surface area contributed by atoms with E-state index in [1.54, 1.807) is 53.1 Å². The first-order valence-corrected chi connectivity index (χ1v) is 25.7. The van der Waals surface area contributed by atoms with Gasteiger partial charge in [-0.1, -0.05) is 90.8 Å². The molecule has 12 nitrogen and oxygen atoms in total. The third-order valence-corrected chi connectivity index (χ3v) is 14.7. The van der Waals surface area contributed by atoms with Gasteiger partial charge in [-0.3, -0.25) is 14.9 Å². The lowest BCUT2D eigenvalue weighted by Crippen LogP contribution is -2.70. The highest BCUT2D eigenvalue weighted by molar-refractivity contribution is 7.99. The fraction of sp³-hybridized carbons (Fsp3) is 0.345. The van der Waals surface area contributed by atoms with Gasteiger partial charge in [-0.2, -0.15) is 0 Å². The van der Waals surface area contributed by atoms with Crippen LogP contribution in [0.15, 0.2) is 168 Å². The number of aliphatic hydroxyl groups excluding tert-OH is 2. The monoisotopic (exact) mass is 995 g/mol. The number of thioether (sulfide) groups is 1. The molecule has 8 rings (SSSR count). The SMILES string of the molecule is C=CCO[C@@]12Oc3ccc(OCCSc4ccccc4)cc3[C@H]3[C@H](CCCCO)[C@@H](CCCCO)C=C(C(=NOCc4ccccc4)C[C@@H]1N(Cc1ccc(F)cc1)C(=O)C=Cc1ccc([N+](=O)[O-])cc1)[C@H]32. The zero-order valence-electron chi connectivity index (χ0n) is 40.3. The number of allylic oxidation sites excluding steroid dienone is 1. The van der Waals surface area contributed by atoms with E-state index in [-0.39, 0.29) is 62.8 Å². The summed E-state index contributed by atoms with van der Waals surface area (Å²) < 4.78 is 35.6. The van der Waals surface area contributed by atoms with Gasteiger partial charge in [-0.25, -0.2) is 4.39 Å². The number of rotatable bonds is 25. The molecule has 0 aromatic heterocycles. The summed E-state index contributed by atoms with van der Waals surface area (Å²) >= 11 is 1.72. The number of oxime groups is 1. The molecule has 0 unspecified atom stereocenters. The van der Waals surface area contributed by atoms with Crippen molar-refractivity contribution in [1.29, 1.82) is 0 Å². The quantitative estimate of drug-likeness (QED) is 0.0144. The minimum absolute atomic E-state index is 0.0128. The lowest BCUT2D eigenvalue weighted by Gasteiger charge is -2.60. The smallest absolute Gasteiger partial charge is 0.269 e. The summed E-state index contributed by atoms with van der Waals surface area (Å²) in [5.74, 6) is -1.29. The predicted octanol–water partition coefficient (Wildman–Crippen LogP) is 11.5. The van der Waals surface area contributed by atoms with E-state index < -0.39 is 34.4 Å². The van der Waals surface area contributed by atoms with Gasteiger partial charge in [0, 0.05) is 66.5 Å². The van der Waals surface area contributed by atoms with Crippen molar-refractivity contribution < 1.29 is 43.4 Å². The summed E-state index contributed by atoms with van der Waals surface area (Å²) in [6.45, 7) is 4.91. The first-order valence-electron chi connectivity index (χ1n) is 24.7. The molecule has 376 valence electrons. The van der Waals surface area contributed by atoms with Gasteiger partial charge in [-0.05, 0) is 120 Å². The van der Waals surface area contributed by atoms with Crippen molar-refractivity contribution in [3.8, 4) is 11.5 Å². The van der Waals surface area contributed by atoms with E-state index in [1.165, 1.54) is 30.3 Å². The molecule has 1 saturated carbocycles. The number of benzene rings is 5. The third-order valence-electron chi connectivity index (χ3n) is 13.7. The summed E-state index contributed by atoms with van der Waals surface area (Å²) in [6.07, 6.45) is 11.5. The molecular formula is C58H62FN3O9S. The molecule has 5 aromatic carbocycles. The van der Waals surface area contributed by atoms with Crippen LogP contribution in [0.5, 0.6) is 11.5 Å². The molecule has 6 atom stereocenters. The van der Waals surface area contributed by atoms with Crippen LogP contribution in [0, 0.1) is 33.7 Å². The Morgan fingerprint density at radius 3 is 2.35 bits per heavy atom. The molecular weight excluding hydrogens is 934 g/mol. The van der Waals surface area contributed by atoms with Crippen LogP contribution in [-0.4, -0.2) is 75.7 Å². The molecule has 0 bridgehead atoms. The molecule has 1 fully saturated rings. The summed E-state index contributed by atoms with van der Waals surface area (Å²) in [4.78, 5) is 35.3. The summed E-state index contributed by atoms with van der Waals surface area (Å²) in [7, 11) is 0. The highest BCUT2D eigenvalue weighted by Gasteiger charge is 2.65. The Labute approximate surface area is 425 Å². The van der Waals surface area contributed by atoms with Crippen molar-refractivity contribution in [3.63, 3.8) is 0 Å². The van der Waals surface area contributed by atoms with Gasteiger partial charge in [0.25, 0.3) is 5.69 Å². The van der Waals surface area contributed by atoms with Crippen LogP contribution in [0.1, 0.15) is 73.1 Å². The summed E-state index contributed by atoms with van der Waals surface area (Å²) in [5, 5.41) is 36.5. The minimum atomic E-state index is -1.56. The Bertz CT molecular complexity index is 2690. The van der Waals surface area contributed by atoms with Gasteiger partial charge in [-0.15, -0.1) is 18.3 Å². The van der Waals surface area contributed by atoms with Crippen LogP contribution >= 0.6 is 11.8 Å². The van der Waals surface area contributed by atoms with E-state index in [0.29, 0.717) is 47.8 Å². The number of nitro benzene ring substituents is 1. The standard InChI is InChI=1S/C58H62FN3O9S/c1-2-33-69-58-54(61(39-42-19-24-45(59)25-20-42)55(65)30-23-41-21-26-46(27-22-41)62(66)67)38-52(60-70-40-43-13-5-3-6-14-43)50-36-44(15-9-11-31-63)49(18-10-12-32-64)56(57(50)58)51-37-47(28-29-53(51)71-58)68-34-35-72-48-16-7-4-8-17-48/h2-8,13-14,16-17,19-30,36-37,44,49,54,56-57,63-64H,1,9-12,15,18,31-35,38-40H2/t44-,49+,54-,56+,57+,58+/m0/s1. The van der Waals surface area contributed by atoms with E-state index in [1.807, 2.05) is 60.7 Å². The van der Waals surface area contributed by atoms with Crippen molar-refractivity contribution in [2.24, 2.45) is 22.9 Å². The lowest BCUT2D eigenvalue weighted by molar-refractivity contribution is -0.384. The van der Waals surface area contributed by atoms with Crippen molar-refractivity contribution in [3.05, 3.63) is 196 Å². The second kappa shape index (κ2) is 25.2. The van der Waals surface area contributed by atoms with E-state index >= 15 is 4.79 Å².